The number of aryl methyl sites for hydroxylation is 2. The fraction of sp³-hybridized carbons (Fsp3) is 0.333. The van der Waals surface area contributed by atoms with Crippen LogP contribution in [0.25, 0.3) is 0 Å². The molecule has 1 atom stereocenters. The first kappa shape index (κ1) is 18.8. The highest BCUT2D eigenvalue weighted by molar-refractivity contribution is 5.98. The van der Waals surface area contributed by atoms with Gasteiger partial charge < -0.3 is 19.3 Å². The second kappa shape index (κ2) is 7.70. The van der Waals surface area contributed by atoms with Crippen molar-refractivity contribution in [2.75, 3.05) is 32.1 Å². The monoisotopic (exact) mass is 368 g/mol. The lowest BCUT2D eigenvalue weighted by atomic mass is 10.1. The van der Waals surface area contributed by atoms with Crippen molar-refractivity contribution in [1.29, 1.82) is 0 Å². The Morgan fingerprint density at radius 2 is 1.89 bits per heavy atom. The van der Waals surface area contributed by atoms with Crippen LogP contribution in [0.4, 0.5) is 5.69 Å². The third-order valence-corrected chi connectivity index (χ3v) is 4.63. The van der Waals surface area contributed by atoms with E-state index in [1.165, 1.54) is 10.5 Å². The number of hydrogen-bond donors (Lipinski definition) is 0. The Morgan fingerprint density at radius 1 is 1.15 bits per heavy atom. The molecule has 3 rings (SSSR count). The maximum atomic E-state index is 12.8. The van der Waals surface area contributed by atoms with Gasteiger partial charge >= 0.3 is 0 Å². The highest BCUT2D eigenvalue weighted by atomic mass is 16.5. The first-order valence-corrected chi connectivity index (χ1v) is 8.84. The zero-order valence-electron chi connectivity index (χ0n) is 16.1. The number of para-hydroxylation sites is 2. The molecule has 0 radical (unpaired) electrons. The molecule has 2 amide bonds. The van der Waals surface area contributed by atoms with Crippen LogP contribution in [-0.4, -0.2) is 50.1 Å². The standard InChI is InChI=1S/C21H24N2O4/c1-14-9-10-16(11-15(14)2)26-13-20(24)23-12-19(21(25)22(3)4)27-18-8-6-5-7-17(18)23/h5-11,19H,12-13H2,1-4H3. The SMILES string of the molecule is Cc1ccc(OCC(=O)N2CC(C(=O)N(C)C)Oc3ccccc32)cc1C. The molecule has 2 aromatic rings. The molecule has 1 aliphatic heterocycles. The van der Waals surface area contributed by atoms with Crippen molar-refractivity contribution in [2.45, 2.75) is 20.0 Å². The zero-order chi connectivity index (χ0) is 19.6. The lowest BCUT2D eigenvalue weighted by Gasteiger charge is -2.35. The summed E-state index contributed by atoms with van der Waals surface area (Å²) in [5.41, 5.74) is 2.92. The van der Waals surface area contributed by atoms with Crippen LogP contribution in [0.2, 0.25) is 0 Å². The molecule has 0 bridgehead atoms. The van der Waals surface area contributed by atoms with Crippen LogP contribution in [-0.2, 0) is 9.59 Å². The van der Waals surface area contributed by atoms with Crippen molar-refractivity contribution in [1.82, 2.24) is 4.90 Å². The number of likely N-dealkylation sites (N-methyl/N-ethyl adjacent to an activating group) is 1. The molecule has 0 spiro atoms. The van der Waals surface area contributed by atoms with Gasteiger partial charge in [0.15, 0.2) is 12.7 Å². The maximum absolute atomic E-state index is 12.8. The Balaban J connectivity index is 1.77. The summed E-state index contributed by atoms with van der Waals surface area (Å²) in [6.45, 7) is 4.07. The van der Waals surface area contributed by atoms with Gasteiger partial charge in [-0.3, -0.25) is 9.59 Å². The predicted octanol–water partition coefficient (Wildman–Crippen LogP) is 2.56. The largest absolute Gasteiger partial charge is 0.484 e. The molecule has 0 saturated carbocycles. The Morgan fingerprint density at radius 3 is 2.59 bits per heavy atom. The van der Waals surface area contributed by atoms with Crippen molar-refractivity contribution in [3.8, 4) is 11.5 Å². The lowest BCUT2D eigenvalue weighted by Crippen LogP contribution is -2.51. The molecule has 6 heteroatoms. The number of amides is 2. The van der Waals surface area contributed by atoms with E-state index in [4.69, 9.17) is 9.47 Å². The summed E-state index contributed by atoms with van der Waals surface area (Å²) in [5.74, 6) is 0.760. The van der Waals surface area contributed by atoms with E-state index in [9.17, 15) is 9.59 Å². The van der Waals surface area contributed by atoms with Crippen molar-refractivity contribution >= 4 is 17.5 Å². The van der Waals surface area contributed by atoms with Gasteiger partial charge in [0, 0.05) is 14.1 Å². The highest BCUT2D eigenvalue weighted by Gasteiger charge is 2.34. The molecule has 27 heavy (non-hydrogen) atoms. The second-order valence-electron chi connectivity index (χ2n) is 6.85. The fourth-order valence-electron chi connectivity index (χ4n) is 2.91. The number of carbonyl (C=O) groups is 2. The quantitative estimate of drug-likeness (QED) is 0.832. The van der Waals surface area contributed by atoms with Crippen molar-refractivity contribution in [3.05, 3.63) is 53.6 Å². The average molecular weight is 368 g/mol. The number of rotatable bonds is 4. The third-order valence-electron chi connectivity index (χ3n) is 4.63. The molecule has 0 saturated heterocycles. The number of carbonyl (C=O) groups excluding carboxylic acids is 2. The van der Waals surface area contributed by atoms with Gasteiger partial charge in [-0.2, -0.15) is 0 Å². The summed E-state index contributed by atoms with van der Waals surface area (Å²) in [5, 5.41) is 0. The average Bonchev–Trinajstić information content (AvgIpc) is 2.67. The zero-order valence-corrected chi connectivity index (χ0v) is 16.1. The second-order valence-corrected chi connectivity index (χ2v) is 6.85. The molecule has 0 aliphatic carbocycles. The minimum Gasteiger partial charge on any atom is -0.484 e. The first-order chi connectivity index (χ1) is 12.9. The Bertz CT molecular complexity index is 863. The smallest absolute Gasteiger partial charge is 0.265 e. The molecular formula is C21H24N2O4. The summed E-state index contributed by atoms with van der Waals surface area (Å²) in [4.78, 5) is 28.2. The molecule has 2 aromatic carbocycles. The highest BCUT2D eigenvalue weighted by Crippen LogP contribution is 2.33. The Hall–Kier alpha value is -3.02. The van der Waals surface area contributed by atoms with Gasteiger partial charge in [-0.25, -0.2) is 0 Å². The van der Waals surface area contributed by atoms with E-state index in [-0.39, 0.29) is 25.0 Å². The number of benzene rings is 2. The van der Waals surface area contributed by atoms with Crippen LogP contribution in [0.15, 0.2) is 42.5 Å². The molecular weight excluding hydrogens is 344 g/mol. The van der Waals surface area contributed by atoms with Crippen molar-refractivity contribution in [3.63, 3.8) is 0 Å². The molecule has 1 heterocycles. The third kappa shape index (κ3) is 4.05. The minimum atomic E-state index is -0.736. The van der Waals surface area contributed by atoms with Crippen LogP contribution in [0.5, 0.6) is 11.5 Å². The molecule has 6 nitrogen and oxygen atoms in total. The summed E-state index contributed by atoms with van der Waals surface area (Å²) in [6, 6.07) is 12.9. The van der Waals surface area contributed by atoms with E-state index in [0.29, 0.717) is 17.2 Å². The molecule has 0 fully saturated rings. The van der Waals surface area contributed by atoms with Gasteiger partial charge in [-0.05, 0) is 49.2 Å². The van der Waals surface area contributed by atoms with E-state index in [2.05, 4.69) is 0 Å². The minimum absolute atomic E-state index is 0.111. The van der Waals surface area contributed by atoms with E-state index in [1.54, 1.807) is 31.1 Å². The van der Waals surface area contributed by atoms with Crippen molar-refractivity contribution < 1.29 is 19.1 Å². The van der Waals surface area contributed by atoms with E-state index in [1.807, 2.05) is 44.2 Å². The van der Waals surface area contributed by atoms with Gasteiger partial charge in [0.05, 0.1) is 12.2 Å². The van der Waals surface area contributed by atoms with Crippen LogP contribution in [0.3, 0.4) is 0 Å². The van der Waals surface area contributed by atoms with Crippen LogP contribution in [0, 0.1) is 13.8 Å². The van der Waals surface area contributed by atoms with Gasteiger partial charge in [0.25, 0.3) is 11.8 Å². The number of nitrogens with zero attached hydrogens (tertiary/aromatic N) is 2. The summed E-state index contributed by atoms with van der Waals surface area (Å²) >= 11 is 0. The van der Waals surface area contributed by atoms with Gasteiger partial charge in [0.2, 0.25) is 0 Å². The van der Waals surface area contributed by atoms with Gasteiger partial charge in [-0.1, -0.05) is 18.2 Å². The summed E-state index contributed by atoms with van der Waals surface area (Å²) < 4.78 is 11.5. The van der Waals surface area contributed by atoms with Gasteiger partial charge in [-0.15, -0.1) is 0 Å². The molecule has 0 aromatic heterocycles. The Kier molecular flexibility index (Phi) is 5.35. The molecule has 1 aliphatic rings. The van der Waals surface area contributed by atoms with Gasteiger partial charge in [0.1, 0.15) is 11.5 Å². The molecule has 142 valence electrons. The molecule has 1 unspecified atom stereocenters. The predicted molar refractivity (Wildman–Crippen MR) is 103 cm³/mol. The number of ether oxygens (including phenoxy) is 2. The topological polar surface area (TPSA) is 59.1 Å². The van der Waals surface area contributed by atoms with E-state index >= 15 is 0 Å². The van der Waals surface area contributed by atoms with Crippen LogP contribution in [0.1, 0.15) is 11.1 Å². The van der Waals surface area contributed by atoms with E-state index < -0.39 is 6.10 Å². The maximum Gasteiger partial charge on any atom is 0.265 e. The van der Waals surface area contributed by atoms with Crippen LogP contribution >= 0.6 is 0 Å². The number of fused-ring (bicyclic) bond motifs is 1. The lowest BCUT2D eigenvalue weighted by molar-refractivity contribution is -0.136. The van der Waals surface area contributed by atoms with Crippen molar-refractivity contribution in [2.24, 2.45) is 0 Å². The number of hydrogen-bond acceptors (Lipinski definition) is 4. The normalized spacial score (nSPS) is 15.6. The first-order valence-electron chi connectivity index (χ1n) is 8.84. The molecule has 0 N–H and O–H groups in total. The summed E-state index contributed by atoms with van der Waals surface area (Å²) in [7, 11) is 3.34. The summed E-state index contributed by atoms with van der Waals surface area (Å²) in [6.07, 6.45) is -0.736. The number of anilines is 1. The van der Waals surface area contributed by atoms with E-state index in [0.717, 1.165) is 5.56 Å². The Labute approximate surface area is 159 Å². The fourth-order valence-corrected chi connectivity index (χ4v) is 2.91. The van der Waals surface area contributed by atoms with Crippen LogP contribution < -0.4 is 14.4 Å².